The van der Waals surface area contributed by atoms with Crippen LogP contribution in [0.4, 0.5) is 5.13 Å². The zero-order valence-electron chi connectivity index (χ0n) is 9.35. The largest absolute Gasteiger partial charge is 0.340 e. The number of hydrogen-bond donors (Lipinski definition) is 0. The van der Waals surface area contributed by atoms with Crippen LogP contribution in [0.3, 0.4) is 0 Å². The lowest BCUT2D eigenvalue weighted by atomic mass is 9.99. The molecule has 0 aliphatic carbocycles. The van der Waals surface area contributed by atoms with Crippen LogP contribution >= 0.6 is 23.7 Å². The number of nitrogens with zero attached hydrogens (tertiary/aromatic N) is 3. The zero-order chi connectivity index (χ0) is 10.4. The van der Waals surface area contributed by atoms with Gasteiger partial charge in [-0.25, -0.2) is 0 Å². The molecule has 88 valence electrons. The van der Waals surface area contributed by atoms with Crippen molar-refractivity contribution in [3.63, 3.8) is 0 Å². The van der Waals surface area contributed by atoms with Gasteiger partial charge in [-0.2, -0.15) is 0 Å². The molecule has 0 N–H and O–H groups in total. The maximum absolute atomic E-state index is 4.27. The van der Waals surface area contributed by atoms with Crippen LogP contribution in [0.5, 0.6) is 0 Å². The summed E-state index contributed by atoms with van der Waals surface area (Å²) in [6.45, 7) is 6.15. The van der Waals surface area contributed by atoms with Gasteiger partial charge in [0.15, 0.2) is 0 Å². The summed E-state index contributed by atoms with van der Waals surface area (Å²) in [5.74, 6) is 0. The van der Waals surface area contributed by atoms with E-state index in [2.05, 4.69) is 21.7 Å². The summed E-state index contributed by atoms with van der Waals surface area (Å²) >= 11 is 1.72. The molecule has 0 saturated carbocycles. The first-order valence-electron chi connectivity index (χ1n) is 5.49. The molecule has 2 bridgehead atoms. The highest BCUT2D eigenvalue weighted by atomic mass is 35.5. The molecule has 16 heavy (non-hydrogen) atoms. The van der Waals surface area contributed by atoms with Crippen molar-refractivity contribution in [1.29, 1.82) is 0 Å². The third-order valence-electron chi connectivity index (χ3n) is 3.40. The number of aryl methyl sites for hydroxylation is 1. The molecule has 5 heteroatoms. The molecule has 1 aromatic heterocycles. The molecule has 2 fully saturated rings. The van der Waals surface area contributed by atoms with Gasteiger partial charge in [0, 0.05) is 12.1 Å². The average molecular weight is 258 g/mol. The monoisotopic (exact) mass is 257 g/mol. The third-order valence-corrected chi connectivity index (χ3v) is 4.26. The van der Waals surface area contributed by atoms with E-state index in [1.807, 2.05) is 6.92 Å². The van der Waals surface area contributed by atoms with Gasteiger partial charge in [-0.3, -0.25) is 0 Å². The van der Waals surface area contributed by atoms with E-state index in [-0.39, 0.29) is 12.4 Å². The highest BCUT2D eigenvalue weighted by Crippen LogP contribution is 2.41. The molecule has 0 aromatic carbocycles. The van der Waals surface area contributed by atoms with Gasteiger partial charge < -0.3 is 4.90 Å². The fourth-order valence-electron chi connectivity index (χ4n) is 2.81. The molecule has 3 heterocycles. The summed E-state index contributed by atoms with van der Waals surface area (Å²) in [7, 11) is 0. The van der Waals surface area contributed by atoms with Gasteiger partial charge in [-0.05, 0) is 32.6 Å². The quantitative estimate of drug-likeness (QED) is 0.725. The summed E-state index contributed by atoms with van der Waals surface area (Å²) < 4.78 is 0. The van der Waals surface area contributed by atoms with Gasteiger partial charge in [-0.15, -0.1) is 22.6 Å². The van der Waals surface area contributed by atoms with Crippen molar-refractivity contribution in [1.82, 2.24) is 10.2 Å². The van der Waals surface area contributed by atoms with Crippen molar-refractivity contribution >= 4 is 28.9 Å². The second kappa shape index (κ2) is 4.34. The Morgan fingerprint density at radius 1 is 1.25 bits per heavy atom. The minimum absolute atomic E-state index is 0. The predicted molar refractivity (Wildman–Crippen MR) is 69.6 cm³/mol. The van der Waals surface area contributed by atoms with Gasteiger partial charge in [0.05, 0.1) is 0 Å². The maximum Gasteiger partial charge on any atom is 0.208 e. The SMILES string of the molecule is C=C1CC2CCC(C1)N2c1nnc(C)s1.Cl. The van der Waals surface area contributed by atoms with Crippen LogP contribution in [0.1, 0.15) is 30.7 Å². The summed E-state index contributed by atoms with van der Waals surface area (Å²) in [5, 5.41) is 10.6. The van der Waals surface area contributed by atoms with Gasteiger partial charge in [-0.1, -0.05) is 23.5 Å². The average Bonchev–Trinajstić information content (AvgIpc) is 2.69. The number of aromatic nitrogens is 2. The topological polar surface area (TPSA) is 29.0 Å². The Labute approximate surface area is 106 Å². The van der Waals surface area contributed by atoms with E-state index in [0.29, 0.717) is 12.1 Å². The molecular weight excluding hydrogens is 242 g/mol. The first kappa shape index (κ1) is 11.9. The molecule has 0 spiro atoms. The Morgan fingerprint density at radius 3 is 2.38 bits per heavy atom. The zero-order valence-corrected chi connectivity index (χ0v) is 11.0. The molecule has 3 rings (SSSR count). The Balaban J connectivity index is 0.000000963. The second-order valence-electron chi connectivity index (χ2n) is 4.55. The van der Waals surface area contributed by atoms with Gasteiger partial charge in [0.1, 0.15) is 5.01 Å². The number of halogens is 1. The van der Waals surface area contributed by atoms with E-state index >= 15 is 0 Å². The van der Waals surface area contributed by atoms with Crippen molar-refractivity contribution in [2.24, 2.45) is 0 Å². The second-order valence-corrected chi connectivity index (χ2v) is 5.71. The third kappa shape index (κ3) is 1.84. The van der Waals surface area contributed by atoms with Crippen LogP contribution in [0.25, 0.3) is 0 Å². The standard InChI is InChI=1S/C11H15N3S.ClH/c1-7-5-9-3-4-10(6-7)14(9)11-13-12-8(2)15-11;/h9-10H,1,3-6H2,2H3;1H. The first-order chi connectivity index (χ1) is 7.24. The summed E-state index contributed by atoms with van der Waals surface area (Å²) in [5.41, 5.74) is 1.42. The smallest absolute Gasteiger partial charge is 0.208 e. The van der Waals surface area contributed by atoms with E-state index in [1.165, 1.54) is 18.4 Å². The van der Waals surface area contributed by atoms with Crippen LogP contribution in [0.15, 0.2) is 12.2 Å². The van der Waals surface area contributed by atoms with Gasteiger partial charge in [0.25, 0.3) is 0 Å². The van der Waals surface area contributed by atoms with Crippen molar-refractivity contribution in [2.45, 2.75) is 44.7 Å². The number of fused-ring (bicyclic) bond motifs is 2. The summed E-state index contributed by atoms with van der Waals surface area (Å²) in [6, 6.07) is 1.28. The molecular formula is C11H16ClN3S. The molecule has 2 aliphatic heterocycles. The number of rotatable bonds is 1. The molecule has 3 nitrogen and oxygen atoms in total. The van der Waals surface area contributed by atoms with E-state index in [1.54, 1.807) is 11.3 Å². The predicted octanol–water partition coefficient (Wildman–Crippen LogP) is 2.96. The minimum Gasteiger partial charge on any atom is -0.340 e. The molecule has 1 aromatic rings. The highest BCUT2D eigenvalue weighted by Gasteiger charge is 2.39. The molecule has 2 aliphatic rings. The summed E-state index contributed by atoms with van der Waals surface area (Å²) in [4.78, 5) is 2.49. The number of piperidine rings is 1. The van der Waals surface area contributed by atoms with Gasteiger partial charge in [0.2, 0.25) is 5.13 Å². The van der Waals surface area contributed by atoms with E-state index in [0.717, 1.165) is 23.0 Å². The van der Waals surface area contributed by atoms with E-state index in [9.17, 15) is 0 Å². The molecule has 2 saturated heterocycles. The molecule has 2 atom stereocenters. The van der Waals surface area contributed by atoms with Crippen LogP contribution < -0.4 is 4.90 Å². The van der Waals surface area contributed by atoms with Crippen LogP contribution in [-0.2, 0) is 0 Å². The maximum atomic E-state index is 4.27. The van der Waals surface area contributed by atoms with Crippen LogP contribution in [0.2, 0.25) is 0 Å². The number of anilines is 1. The molecule has 0 amide bonds. The fraction of sp³-hybridized carbons (Fsp3) is 0.636. The lowest BCUT2D eigenvalue weighted by molar-refractivity contribution is 0.548. The lowest BCUT2D eigenvalue weighted by Gasteiger charge is -2.35. The Bertz CT molecular complexity index is 388. The molecule has 0 radical (unpaired) electrons. The van der Waals surface area contributed by atoms with Crippen LogP contribution in [0, 0.1) is 6.92 Å². The van der Waals surface area contributed by atoms with Crippen molar-refractivity contribution in [3.8, 4) is 0 Å². The fourth-order valence-corrected chi connectivity index (χ4v) is 3.65. The van der Waals surface area contributed by atoms with E-state index in [4.69, 9.17) is 0 Å². The van der Waals surface area contributed by atoms with Crippen molar-refractivity contribution in [2.75, 3.05) is 4.90 Å². The minimum atomic E-state index is 0. The van der Waals surface area contributed by atoms with Crippen LogP contribution in [-0.4, -0.2) is 22.3 Å². The normalized spacial score (nSPS) is 28.1. The first-order valence-corrected chi connectivity index (χ1v) is 6.31. The van der Waals surface area contributed by atoms with Crippen molar-refractivity contribution < 1.29 is 0 Å². The van der Waals surface area contributed by atoms with Crippen molar-refractivity contribution in [3.05, 3.63) is 17.2 Å². The lowest BCUT2D eigenvalue weighted by Crippen LogP contribution is -2.40. The van der Waals surface area contributed by atoms with E-state index < -0.39 is 0 Å². The number of hydrogen-bond acceptors (Lipinski definition) is 4. The Kier molecular flexibility index (Phi) is 3.22. The summed E-state index contributed by atoms with van der Waals surface area (Å²) in [6.07, 6.45) is 4.88. The highest BCUT2D eigenvalue weighted by molar-refractivity contribution is 7.15. The Hall–Kier alpha value is -0.610. The Morgan fingerprint density at radius 2 is 1.88 bits per heavy atom. The van der Waals surface area contributed by atoms with Gasteiger partial charge >= 0.3 is 0 Å². The molecule has 2 unspecified atom stereocenters.